The summed E-state index contributed by atoms with van der Waals surface area (Å²) < 4.78 is 0. The van der Waals surface area contributed by atoms with E-state index >= 15 is 0 Å². The van der Waals surface area contributed by atoms with Gasteiger partial charge in [0, 0.05) is 18.7 Å². The van der Waals surface area contributed by atoms with Gasteiger partial charge in [0.1, 0.15) is 11.4 Å². The molecule has 0 aromatic carbocycles. The van der Waals surface area contributed by atoms with Crippen LogP contribution in [0.3, 0.4) is 0 Å². The zero-order valence-electron chi connectivity index (χ0n) is 14.5. The van der Waals surface area contributed by atoms with Crippen LogP contribution in [0.5, 0.6) is 0 Å². The summed E-state index contributed by atoms with van der Waals surface area (Å²) in [5, 5.41) is 5.15. The van der Waals surface area contributed by atoms with Gasteiger partial charge >= 0.3 is 6.03 Å². The molecule has 2 aliphatic rings. The zero-order valence-corrected chi connectivity index (χ0v) is 14.5. The molecule has 24 heavy (non-hydrogen) atoms. The molecule has 0 radical (unpaired) electrons. The van der Waals surface area contributed by atoms with Crippen molar-refractivity contribution in [2.24, 2.45) is 5.92 Å². The summed E-state index contributed by atoms with van der Waals surface area (Å²) >= 11 is 0. The normalized spacial score (nSPS) is 25.8. The Hall–Kier alpha value is -2.02. The topological polar surface area (TPSA) is 87.2 Å². The lowest BCUT2D eigenvalue weighted by atomic mass is 9.79. The first kappa shape index (κ1) is 16.8. The first-order valence-corrected chi connectivity index (χ1v) is 8.56. The van der Waals surface area contributed by atoms with Gasteiger partial charge in [-0.25, -0.2) is 14.8 Å². The van der Waals surface area contributed by atoms with Crippen LogP contribution in [0.4, 0.5) is 4.79 Å². The number of nitrogens with zero attached hydrogens (tertiary/aromatic N) is 3. The van der Waals surface area contributed by atoms with Crippen molar-refractivity contribution in [1.29, 1.82) is 0 Å². The predicted molar refractivity (Wildman–Crippen MR) is 89.2 cm³/mol. The van der Waals surface area contributed by atoms with E-state index in [9.17, 15) is 9.59 Å². The summed E-state index contributed by atoms with van der Waals surface area (Å²) in [6.45, 7) is 8.59. The number of urea groups is 1. The van der Waals surface area contributed by atoms with Gasteiger partial charge in [0.15, 0.2) is 0 Å². The van der Waals surface area contributed by atoms with Crippen LogP contribution >= 0.6 is 0 Å². The monoisotopic (exact) mass is 331 g/mol. The van der Waals surface area contributed by atoms with E-state index in [1.54, 1.807) is 0 Å². The molecule has 7 nitrogen and oxygen atoms in total. The van der Waals surface area contributed by atoms with E-state index in [-0.39, 0.29) is 17.9 Å². The van der Waals surface area contributed by atoms with E-state index in [4.69, 9.17) is 0 Å². The minimum atomic E-state index is -0.775. The highest BCUT2D eigenvalue weighted by Crippen LogP contribution is 2.31. The number of amides is 3. The summed E-state index contributed by atoms with van der Waals surface area (Å²) in [7, 11) is 0. The van der Waals surface area contributed by atoms with Crippen molar-refractivity contribution >= 4 is 11.9 Å². The van der Waals surface area contributed by atoms with Crippen LogP contribution in [-0.2, 0) is 11.3 Å². The zero-order chi connectivity index (χ0) is 17.3. The van der Waals surface area contributed by atoms with E-state index in [0.29, 0.717) is 5.92 Å². The van der Waals surface area contributed by atoms with Crippen LogP contribution in [0.15, 0.2) is 12.3 Å². The number of hydrogen-bond donors (Lipinski definition) is 2. The van der Waals surface area contributed by atoms with Gasteiger partial charge in [-0.1, -0.05) is 13.8 Å². The number of rotatable bonds is 4. The number of likely N-dealkylation sites (tertiary alicyclic amines) is 1. The van der Waals surface area contributed by atoms with E-state index < -0.39 is 5.54 Å². The van der Waals surface area contributed by atoms with Gasteiger partial charge in [-0.2, -0.15) is 0 Å². The van der Waals surface area contributed by atoms with Crippen LogP contribution in [0.2, 0.25) is 0 Å². The molecule has 3 heterocycles. The summed E-state index contributed by atoms with van der Waals surface area (Å²) in [6, 6.07) is 1.58. The van der Waals surface area contributed by atoms with Gasteiger partial charge in [-0.05, 0) is 44.8 Å². The van der Waals surface area contributed by atoms with Crippen molar-refractivity contribution < 1.29 is 9.59 Å². The molecular weight excluding hydrogens is 306 g/mol. The van der Waals surface area contributed by atoms with Gasteiger partial charge in [0.2, 0.25) is 0 Å². The number of hydrogen-bond acceptors (Lipinski definition) is 5. The molecule has 130 valence electrons. The molecule has 3 rings (SSSR count). The second-order valence-electron chi connectivity index (χ2n) is 7.22. The molecule has 0 bridgehead atoms. The number of aromatic nitrogens is 2. The maximum absolute atomic E-state index is 12.1. The smallest absolute Gasteiger partial charge is 0.322 e. The van der Waals surface area contributed by atoms with Gasteiger partial charge in [0.05, 0.1) is 5.69 Å². The van der Waals surface area contributed by atoms with Crippen molar-refractivity contribution in [2.75, 3.05) is 13.1 Å². The molecule has 2 saturated heterocycles. The third kappa shape index (κ3) is 3.26. The number of piperidine rings is 1. The second kappa shape index (κ2) is 6.47. The van der Waals surface area contributed by atoms with Crippen molar-refractivity contribution in [2.45, 2.75) is 51.6 Å². The molecule has 3 amide bonds. The number of imide groups is 1. The van der Waals surface area contributed by atoms with Gasteiger partial charge in [-0.3, -0.25) is 15.0 Å². The van der Waals surface area contributed by atoms with Crippen molar-refractivity contribution in [1.82, 2.24) is 25.5 Å². The minimum Gasteiger partial charge on any atom is -0.323 e. The predicted octanol–water partition coefficient (Wildman–Crippen LogP) is 1.41. The van der Waals surface area contributed by atoms with E-state index in [2.05, 4.69) is 39.3 Å². The van der Waals surface area contributed by atoms with E-state index in [1.165, 1.54) is 0 Å². The highest BCUT2D eigenvalue weighted by atomic mass is 16.2. The molecule has 0 saturated carbocycles. The van der Waals surface area contributed by atoms with Crippen LogP contribution in [-0.4, -0.2) is 45.4 Å². The SMILES string of the molecule is CC(C)c1nccc(CN2CCC([C@@]3(C)NC(=O)NC3=O)CC2)n1. The summed E-state index contributed by atoms with van der Waals surface area (Å²) in [4.78, 5) is 34.8. The Morgan fingerprint density at radius 2 is 2.04 bits per heavy atom. The van der Waals surface area contributed by atoms with Crippen LogP contribution in [0, 0.1) is 5.92 Å². The maximum atomic E-state index is 12.1. The fraction of sp³-hybridized carbons (Fsp3) is 0.647. The third-order valence-electron chi connectivity index (χ3n) is 5.11. The standard InChI is InChI=1S/C17H25N5O2/c1-11(2)14-18-7-4-13(19-14)10-22-8-5-12(6-9-22)17(3)15(23)20-16(24)21-17/h4,7,11-12H,5-6,8-10H2,1-3H3,(H2,20,21,23,24)/t17-/m1/s1. The quantitative estimate of drug-likeness (QED) is 0.815. The molecular formula is C17H25N5O2. The lowest BCUT2D eigenvalue weighted by molar-refractivity contribution is -0.125. The van der Waals surface area contributed by atoms with Crippen LogP contribution in [0.25, 0.3) is 0 Å². The molecule has 0 spiro atoms. The number of carbonyl (C=O) groups is 2. The second-order valence-corrected chi connectivity index (χ2v) is 7.22. The average Bonchev–Trinajstić information content (AvgIpc) is 2.81. The Bertz CT molecular complexity index is 640. The fourth-order valence-electron chi connectivity index (χ4n) is 3.52. The summed E-state index contributed by atoms with van der Waals surface area (Å²) in [6.07, 6.45) is 3.59. The number of carbonyl (C=O) groups excluding carboxylic acids is 2. The lowest BCUT2D eigenvalue weighted by Crippen LogP contribution is -2.53. The Kier molecular flexibility index (Phi) is 4.54. The molecule has 0 unspecified atom stereocenters. The third-order valence-corrected chi connectivity index (χ3v) is 5.11. The van der Waals surface area contributed by atoms with Crippen molar-refractivity contribution in [3.05, 3.63) is 23.8 Å². The Morgan fingerprint density at radius 3 is 2.62 bits per heavy atom. The first-order valence-electron chi connectivity index (χ1n) is 8.56. The molecule has 2 N–H and O–H groups in total. The molecule has 7 heteroatoms. The largest absolute Gasteiger partial charge is 0.323 e. The fourth-order valence-corrected chi connectivity index (χ4v) is 3.52. The molecule has 2 fully saturated rings. The molecule has 1 atom stereocenters. The Balaban J connectivity index is 1.59. The lowest BCUT2D eigenvalue weighted by Gasteiger charge is -2.38. The first-order chi connectivity index (χ1) is 11.4. The Morgan fingerprint density at radius 1 is 1.33 bits per heavy atom. The van der Waals surface area contributed by atoms with Crippen LogP contribution < -0.4 is 10.6 Å². The molecule has 0 aliphatic carbocycles. The van der Waals surface area contributed by atoms with Crippen LogP contribution in [0.1, 0.15) is 51.0 Å². The molecule has 1 aromatic rings. The molecule has 2 aliphatic heterocycles. The summed E-state index contributed by atoms with van der Waals surface area (Å²) in [5.74, 6) is 1.15. The van der Waals surface area contributed by atoms with Gasteiger partial charge < -0.3 is 5.32 Å². The Labute approximate surface area is 142 Å². The highest BCUT2D eigenvalue weighted by molar-refractivity contribution is 6.06. The minimum absolute atomic E-state index is 0.164. The van der Waals surface area contributed by atoms with Gasteiger partial charge in [-0.15, -0.1) is 0 Å². The number of nitrogens with one attached hydrogen (secondary N) is 2. The average molecular weight is 331 g/mol. The van der Waals surface area contributed by atoms with Crippen molar-refractivity contribution in [3.8, 4) is 0 Å². The van der Waals surface area contributed by atoms with Gasteiger partial charge in [0.25, 0.3) is 5.91 Å². The summed E-state index contributed by atoms with van der Waals surface area (Å²) in [5.41, 5.74) is 0.258. The molecule has 1 aromatic heterocycles. The van der Waals surface area contributed by atoms with Crippen molar-refractivity contribution in [3.63, 3.8) is 0 Å². The van der Waals surface area contributed by atoms with E-state index in [0.717, 1.165) is 44.0 Å². The van der Waals surface area contributed by atoms with E-state index in [1.807, 2.05) is 19.2 Å². The highest BCUT2D eigenvalue weighted by Gasteiger charge is 2.48. The maximum Gasteiger partial charge on any atom is 0.322 e.